The SMILES string of the molecule is CO[Si](C)(CCCOCN(C)C)OC. The van der Waals surface area contributed by atoms with Crippen molar-refractivity contribution in [2.45, 2.75) is 19.0 Å². The van der Waals surface area contributed by atoms with E-state index in [9.17, 15) is 0 Å². The highest BCUT2D eigenvalue weighted by molar-refractivity contribution is 6.65. The van der Waals surface area contributed by atoms with Crippen molar-refractivity contribution in [1.29, 1.82) is 0 Å². The van der Waals surface area contributed by atoms with Crippen LogP contribution in [0.15, 0.2) is 0 Å². The Labute approximate surface area is 88.4 Å². The minimum absolute atomic E-state index is 0.679. The topological polar surface area (TPSA) is 30.9 Å². The highest BCUT2D eigenvalue weighted by Crippen LogP contribution is 2.13. The fourth-order valence-electron chi connectivity index (χ4n) is 1.03. The molecule has 0 aliphatic heterocycles. The van der Waals surface area contributed by atoms with Crippen LogP contribution in [0.1, 0.15) is 6.42 Å². The second-order valence-electron chi connectivity index (χ2n) is 3.76. The smallest absolute Gasteiger partial charge is 0.334 e. The van der Waals surface area contributed by atoms with Gasteiger partial charge in [0, 0.05) is 20.8 Å². The molecular weight excluding hydrogens is 198 g/mol. The maximum atomic E-state index is 5.42. The summed E-state index contributed by atoms with van der Waals surface area (Å²) in [6.45, 7) is 3.52. The molecule has 0 saturated carbocycles. The van der Waals surface area contributed by atoms with Gasteiger partial charge in [0.15, 0.2) is 0 Å². The van der Waals surface area contributed by atoms with E-state index in [1.807, 2.05) is 19.0 Å². The van der Waals surface area contributed by atoms with Crippen LogP contribution >= 0.6 is 0 Å². The van der Waals surface area contributed by atoms with Crippen LogP contribution in [0.3, 0.4) is 0 Å². The summed E-state index contributed by atoms with van der Waals surface area (Å²) >= 11 is 0. The van der Waals surface area contributed by atoms with Crippen LogP contribution in [0.25, 0.3) is 0 Å². The number of rotatable bonds is 8. The second-order valence-corrected chi connectivity index (χ2v) is 7.35. The predicted molar refractivity (Wildman–Crippen MR) is 59.6 cm³/mol. The van der Waals surface area contributed by atoms with E-state index in [0.29, 0.717) is 6.73 Å². The van der Waals surface area contributed by atoms with Crippen molar-refractivity contribution in [3.05, 3.63) is 0 Å². The highest BCUT2D eigenvalue weighted by atomic mass is 28.4. The van der Waals surface area contributed by atoms with Crippen LogP contribution in [0.4, 0.5) is 0 Å². The van der Waals surface area contributed by atoms with Crippen molar-refractivity contribution in [2.75, 3.05) is 41.7 Å². The lowest BCUT2D eigenvalue weighted by atomic mass is 10.5. The normalized spacial score (nSPS) is 12.4. The molecule has 86 valence electrons. The molecule has 0 aliphatic rings. The minimum Gasteiger partial charge on any atom is -0.398 e. The first-order valence-corrected chi connectivity index (χ1v) is 7.39. The molecule has 0 N–H and O–H groups in total. The van der Waals surface area contributed by atoms with Gasteiger partial charge >= 0.3 is 8.56 Å². The molecular formula is C9H23NO3Si. The lowest BCUT2D eigenvalue weighted by Crippen LogP contribution is -2.36. The molecule has 0 bridgehead atoms. The van der Waals surface area contributed by atoms with E-state index in [4.69, 9.17) is 13.6 Å². The molecule has 14 heavy (non-hydrogen) atoms. The minimum atomic E-state index is -1.87. The Bertz CT molecular complexity index is 140. The highest BCUT2D eigenvalue weighted by Gasteiger charge is 2.27. The largest absolute Gasteiger partial charge is 0.398 e. The first-order chi connectivity index (χ1) is 6.54. The van der Waals surface area contributed by atoms with Crippen molar-refractivity contribution in [1.82, 2.24) is 4.90 Å². The van der Waals surface area contributed by atoms with Gasteiger partial charge in [-0.05, 0) is 33.1 Å². The Kier molecular flexibility index (Phi) is 7.39. The zero-order chi connectivity index (χ0) is 11.0. The third-order valence-corrected chi connectivity index (χ3v) is 5.12. The van der Waals surface area contributed by atoms with Gasteiger partial charge in [-0.25, -0.2) is 0 Å². The van der Waals surface area contributed by atoms with Gasteiger partial charge in [-0.1, -0.05) is 0 Å². The molecule has 0 aliphatic carbocycles. The van der Waals surface area contributed by atoms with Crippen LogP contribution in [-0.4, -0.2) is 55.1 Å². The molecule has 0 saturated heterocycles. The number of hydrogen-bond donors (Lipinski definition) is 0. The molecule has 0 heterocycles. The maximum absolute atomic E-state index is 5.42. The first-order valence-electron chi connectivity index (χ1n) is 4.87. The zero-order valence-electron chi connectivity index (χ0n) is 10.0. The summed E-state index contributed by atoms with van der Waals surface area (Å²) in [5.74, 6) is 0. The van der Waals surface area contributed by atoms with Gasteiger partial charge < -0.3 is 13.6 Å². The van der Waals surface area contributed by atoms with Gasteiger partial charge in [0.1, 0.15) is 0 Å². The third-order valence-electron chi connectivity index (χ3n) is 2.13. The van der Waals surface area contributed by atoms with E-state index in [1.165, 1.54) is 0 Å². The van der Waals surface area contributed by atoms with E-state index in [0.717, 1.165) is 19.1 Å². The Balaban J connectivity index is 3.43. The zero-order valence-corrected chi connectivity index (χ0v) is 11.0. The molecule has 0 aromatic carbocycles. The predicted octanol–water partition coefficient (Wildman–Crippen LogP) is 1.28. The van der Waals surface area contributed by atoms with Crippen LogP contribution in [0.2, 0.25) is 12.6 Å². The summed E-state index contributed by atoms with van der Waals surface area (Å²) in [5, 5.41) is 0. The summed E-state index contributed by atoms with van der Waals surface area (Å²) in [5.41, 5.74) is 0. The van der Waals surface area contributed by atoms with Crippen LogP contribution in [0.5, 0.6) is 0 Å². The average Bonchev–Trinajstić information content (AvgIpc) is 2.16. The number of nitrogens with zero attached hydrogens (tertiary/aromatic N) is 1. The number of ether oxygens (including phenoxy) is 1. The molecule has 0 amide bonds. The van der Waals surface area contributed by atoms with Crippen LogP contribution in [-0.2, 0) is 13.6 Å². The molecule has 0 aromatic heterocycles. The fraction of sp³-hybridized carbons (Fsp3) is 1.00. The van der Waals surface area contributed by atoms with Gasteiger partial charge in [-0.2, -0.15) is 0 Å². The summed E-state index contributed by atoms with van der Waals surface area (Å²) < 4.78 is 16.1. The van der Waals surface area contributed by atoms with Gasteiger partial charge in [-0.15, -0.1) is 0 Å². The van der Waals surface area contributed by atoms with Gasteiger partial charge in [-0.3, -0.25) is 4.90 Å². The fourth-order valence-corrected chi connectivity index (χ4v) is 2.39. The molecule has 0 unspecified atom stereocenters. The Morgan fingerprint density at radius 3 is 2.14 bits per heavy atom. The second kappa shape index (κ2) is 7.36. The molecule has 0 atom stereocenters. The van der Waals surface area contributed by atoms with Crippen LogP contribution < -0.4 is 0 Å². The quantitative estimate of drug-likeness (QED) is 0.351. The molecule has 5 heteroatoms. The molecule has 0 fully saturated rings. The van der Waals surface area contributed by atoms with E-state index >= 15 is 0 Å². The first kappa shape index (κ1) is 14.1. The Hall–Kier alpha value is 0.0569. The van der Waals surface area contributed by atoms with Gasteiger partial charge in [0.2, 0.25) is 0 Å². The van der Waals surface area contributed by atoms with Crippen molar-refractivity contribution < 1.29 is 13.6 Å². The monoisotopic (exact) mass is 221 g/mol. The summed E-state index contributed by atoms with van der Waals surface area (Å²) in [6, 6.07) is 0.980. The van der Waals surface area contributed by atoms with E-state index in [1.54, 1.807) is 14.2 Å². The average molecular weight is 221 g/mol. The van der Waals surface area contributed by atoms with Crippen molar-refractivity contribution in [3.63, 3.8) is 0 Å². The molecule has 0 radical (unpaired) electrons. The molecule has 4 nitrogen and oxygen atoms in total. The van der Waals surface area contributed by atoms with E-state index < -0.39 is 8.56 Å². The standard InChI is InChI=1S/C9H23NO3Si/c1-10(2)9-13-7-6-8-14(5,11-3)12-4/h6-9H2,1-5H3. The van der Waals surface area contributed by atoms with Gasteiger partial charge in [0.05, 0.1) is 6.73 Å². The summed E-state index contributed by atoms with van der Waals surface area (Å²) in [4.78, 5) is 2.00. The third kappa shape index (κ3) is 6.50. The lowest BCUT2D eigenvalue weighted by molar-refractivity contribution is 0.0556. The van der Waals surface area contributed by atoms with E-state index in [2.05, 4.69) is 6.55 Å². The van der Waals surface area contributed by atoms with Crippen molar-refractivity contribution in [2.24, 2.45) is 0 Å². The Morgan fingerprint density at radius 2 is 1.71 bits per heavy atom. The molecule has 0 spiro atoms. The Morgan fingerprint density at radius 1 is 1.14 bits per heavy atom. The number of hydrogen-bond acceptors (Lipinski definition) is 4. The van der Waals surface area contributed by atoms with Crippen LogP contribution in [0, 0.1) is 0 Å². The molecule has 0 aromatic rings. The van der Waals surface area contributed by atoms with E-state index in [-0.39, 0.29) is 0 Å². The maximum Gasteiger partial charge on any atom is 0.334 e. The van der Waals surface area contributed by atoms with Gasteiger partial charge in [0.25, 0.3) is 0 Å². The molecule has 0 rings (SSSR count). The summed E-state index contributed by atoms with van der Waals surface area (Å²) in [6.07, 6.45) is 0.998. The van der Waals surface area contributed by atoms with Crippen molar-refractivity contribution in [3.8, 4) is 0 Å². The summed E-state index contributed by atoms with van der Waals surface area (Å²) in [7, 11) is 5.55. The van der Waals surface area contributed by atoms with Crippen molar-refractivity contribution >= 4 is 8.56 Å². The lowest BCUT2D eigenvalue weighted by Gasteiger charge is -2.22.